The summed E-state index contributed by atoms with van der Waals surface area (Å²) in [5.41, 5.74) is 4.03. The van der Waals surface area contributed by atoms with Crippen molar-refractivity contribution in [1.82, 2.24) is 5.32 Å². The van der Waals surface area contributed by atoms with Crippen LogP contribution in [0.15, 0.2) is 12.1 Å². The molecule has 0 aliphatic rings. The third-order valence-corrected chi connectivity index (χ3v) is 2.67. The number of nitrogens with one attached hydrogen (secondary N) is 1. The molecule has 0 atom stereocenters. The van der Waals surface area contributed by atoms with Gasteiger partial charge in [-0.05, 0) is 63.4 Å². The molecule has 0 spiro atoms. The summed E-state index contributed by atoms with van der Waals surface area (Å²) in [6.45, 7) is 11.6. The summed E-state index contributed by atoms with van der Waals surface area (Å²) in [6, 6.07) is 4.04. The first-order chi connectivity index (χ1) is 6.79. The van der Waals surface area contributed by atoms with Crippen molar-refractivity contribution >= 4 is 11.6 Å². The lowest BCUT2D eigenvalue weighted by molar-refractivity contribution is 0.423. The second-order valence-corrected chi connectivity index (χ2v) is 5.56. The van der Waals surface area contributed by atoms with Gasteiger partial charge in [0.05, 0.1) is 0 Å². The summed E-state index contributed by atoms with van der Waals surface area (Å²) in [6.07, 6.45) is 0. The highest BCUT2D eigenvalue weighted by molar-refractivity contribution is 6.30. The van der Waals surface area contributed by atoms with Crippen LogP contribution in [0.1, 0.15) is 37.5 Å². The molecule has 0 aliphatic heterocycles. The normalized spacial score (nSPS) is 11.9. The standard InChI is InChI=1S/C13H20ClN/c1-9-6-11(14)7-10(2)12(9)8-15-13(3,4)5/h6-7,15H,8H2,1-5H3. The summed E-state index contributed by atoms with van der Waals surface area (Å²) >= 11 is 5.99. The fraction of sp³-hybridized carbons (Fsp3) is 0.538. The lowest BCUT2D eigenvalue weighted by Gasteiger charge is -2.22. The molecule has 0 aliphatic carbocycles. The Hall–Kier alpha value is -0.530. The Bertz CT molecular complexity index is 327. The van der Waals surface area contributed by atoms with Gasteiger partial charge >= 0.3 is 0 Å². The van der Waals surface area contributed by atoms with Gasteiger partial charge in [0.25, 0.3) is 0 Å². The molecule has 1 nitrogen and oxygen atoms in total. The minimum atomic E-state index is 0.151. The van der Waals surface area contributed by atoms with Crippen molar-refractivity contribution in [2.24, 2.45) is 0 Å². The first-order valence-corrected chi connectivity index (χ1v) is 5.68. The summed E-state index contributed by atoms with van der Waals surface area (Å²) in [5, 5.41) is 4.32. The average molecular weight is 226 g/mol. The van der Waals surface area contributed by atoms with E-state index >= 15 is 0 Å². The lowest BCUT2D eigenvalue weighted by Crippen LogP contribution is -2.35. The van der Waals surface area contributed by atoms with E-state index in [-0.39, 0.29) is 5.54 Å². The van der Waals surface area contributed by atoms with Gasteiger partial charge in [-0.1, -0.05) is 11.6 Å². The van der Waals surface area contributed by atoms with Crippen LogP contribution in [0.25, 0.3) is 0 Å². The molecular weight excluding hydrogens is 206 g/mol. The van der Waals surface area contributed by atoms with Gasteiger partial charge in [0.15, 0.2) is 0 Å². The third-order valence-electron chi connectivity index (χ3n) is 2.46. The molecule has 0 saturated carbocycles. The molecule has 1 aromatic rings. The maximum Gasteiger partial charge on any atom is 0.0411 e. The van der Waals surface area contributed by atoms with E-state index in [1.807, 2.05) is 12.1 Å². The zero-order valence-electron chi connectivity index (χ0n) is 10.2. The summed E-state index contributed by atoms with van der Waals surface area (Å²) in [7, 11) is 0. The maximum absolute atomic E-state index is 5.99. The van der Waals surface area contributed by atoms with Crippen LogP contribution in [-0.2, 0) is 6.54 Å². The Labute approximate surface area is 97.8 Å². The molecule has 15 heavy (non-hydrogen) atoms. The molecule has 1 rings (SSSR count). The molecule has 0 amide bonds. The predicted octanol–water partition coefficient (Wildman–Crippen LogP) is 3.84. The van der Waals surface area contributed by atoms with E-state index in [9.17, 15) is 0 Å². The van der Waals surface area contributed by atoms with E-state index in [2.05, 4.69) is 39.9 Å². The first kappa shape index (κ1) is 12.5. The molecule has 84 valence electrons. The topological polar surface area (TPSA) is 12.0 Å². The maximum atomic E-state index is 5.99. The van der Waals surface area contributed by atoms with Crippen LogP contribution >= 0.6 is 11.6 Å². The zero-order chi connectivity index (χ0) is 11.6. The van der Waals surface area contributed by atoms with Crippen LogP contribution in [0.5, 0.6) is 0 Å². The van der Waals surface area contributed by atoms with Gasteiger partial charge in [-0.25, -0.2) is 0 Å². The molecule has 0 fully saturated rings. The summed E-state index contributed by atoms with van der Waals surface area (Å²) in [5.74, 6) is 0. The van der Waals surface area contributed by atoms with Gasteiger partial charge in [0.2, 0.25) is 0 Å². The first-order valence-electron chi connectivity index (χ1n) is 5.30. The van der Waals surface area contributed by atoms with Crippen LogP contribution in [0, 0.1) is 13.8 Å². The van der Waals surface area contributed by atoms with Crippen LogP contribution in [0.4, 0.5) is 0 Å². The minimum absolute atomic E-state index is 0.151. The average Bonchev–Trinajstić information content (AvgIpc) is 1.99. The molecule has 1 aromatic carbocycles. The minimum Gasteiger partial charge on any atom is -0.308 e. The van der Waals surface area contributed by atoms with E-state index < -0.39 is 0 Å². The van der Waals surface area contributed by atoms with E-state index in [4.69, 9.17) is 11.6 Å². The molecule has 0 aromatic heterocycles. The van der Waals surface area contributed by atoms with Crippen LogP contribution in [0.3, 0.4) is 0 Å². The van der Waals surface area contributed by atoms with Crippen molar-refractivity contribution in [3.8, 4) is 0 Å². The fourth-order valence-corrected chi connectivity index (χ4v) is 1.90. The highest BCUT2D eigenvalue weighted by atomic mass is 35.5. The van der Waals surface area contributed by atoms with Gasteiger partial charge in [-0.15, -0.1) is 0 Å². The second-order valence-electron chi connectivity index (χ2n) is 5.12. The SMILES string of the molecule is Cc1cc(Cl)cc(C)c1CNC(C)(C)C. The van der Waals surface area contributed by atoms with E-state index in [1.165, 1.54) is 16.7 Å². The van der Waals surface area contributed by atoms with Gasteiger partial charge in [-0.3, -0.25) is 0 Å². The Morgan fingerprint density at radius 2 is 1.60 bits per heavy atom. The largest absolute Gasteiger partial charge is 0.308 e. The molecular formula is C13H20ClN. The highest BCUT2D eigenvalue weighted by Gasteiger charge is 2.11. The molecule has 0 saturated heterocycles. The van der Waals surface area contributed by atoms with Crippen molar-refractivity contribution < 1.29 is 0 Å². The molecule has 0 heterocycles. The van der Waals surface area contributed by atoms with Crippen molar-refractivity contribution in [3.05, 3.63) is 33.8 Å². The quantitative estimate of drug-likeness (QED) is 0.807. The second kappa shape index (κ2) is 4.54. The predicted molar refractivity (Wildman–Crippen MR) is 67.5 cm³/mol. The van der Waals surface area contributed by atoms with Crippen molar-refractivity contribution in [1.29, 1.82) is 0 Å². The number of halogens is 1. The zero-order valence-corrected chi connectivity index (χ0v) is 11.0. The molecule has 0 unspecified atom stereocenters. The molecule has 0 bridgehead atoms. The fourth-order valence-electron chi connectivity index (χ4n) is 1.57. The Kier molecular flexibility index (Phi) is 3.80. The molecule has 1 N–H and O–H groups in total. The van der Waals surface area contributed by atoms with Crippen LogP contribution in [0.2, 0.25) is 5.02 Å². The highest BCUT2D eigenvalue weighted by Crippen LogP contribution is 2.20. The van der Waals surface area contributed by atoms with Gasteiger partial charge in [0.1, 0.15) is 0 Å². The number of aryl methyl sites for hydroxylation is 2. The number of hydrogen-bond acceptors (Lipinski definition) is 1. The van der Waals surface area contributed by atoms with Crippen molar-refractivity contribution in [2.45, 2.75) is 46.7 Å². The number of rotatable bonds is 2. The smallest absolute Gasteiger partial charge is 0.0411 e. The Balaban J connectivity index is 2.86. The van der Waals surface area contributed by atoms with E-state index in [0.717, 1.165) is 11.6 Å². The van der Waals surface area contributed by atoms with Crippen LogP contribution < -0.4 is 5.32 Å². The molecule has 0 radical (unpaired) electrons. The van der Waals surface area contributed by atoms with Gasteiger partial charge < -0.3 is 5.32 Å². The van der Waals surface area contributed by atoms with E-state index in [0.29, 0.717) is 0 Å². The van der Waals surface area contributed by atoms with Crippen molar-refractivity contribution in [3.63, 3.8) is 0 Å². The third kappa shape index (κ3) is 3.84. The summed E-state index contributed by atoms with van der Waals surface area (Å²) in [4.78, 5) is 0. The number of benzene rings is 1. The van der Waals surface area contributed by atoms with E-state index in [1.54, 1.807) is 0 Å². The van der Waals surface area contributed by atoms with Crippen molar-refractivity contribution in [2.75, 3.05) is 0 Å². The number of hydrogen-bond donors (Lipinski definition) is 1. The molecule has 2 heteroatoms. The lowest BCUT2D eigenvalue weighted by atomic mass is 10.0. The summed E-state index contributed by atoms with van der Waals surface area (Å²) < 4.78 is 0. The Morgan fingerprint density at radius 1 is 1.13 bits per heavy atom. The van der Waals surface area contributed by atoms with Crippen LogP contribution in [-0.4, -0.2) is 5.54 Å². The Morgan fingerprint density at radius 3 is 2.00 bits per heavy atom. The monoisotopic (exact) mass is 225 g/mol. The van der Waals surface area contributed by atoms with Gasteiger partial charge in [0, 0.05) is 17.1 Å². The van der Waals surface area contributed by atoms with Gasteiger partial charge in [-0.2, -0.15) is 0 Å².